The van der Waals surface area contributed by atoms with Gasteiger partial charge in [0.25, 0.3) is 0 Å². The number of fused-ring (bicyclic) bond motifs is 11. The standard InChI is InChI=1S/C98H61NS2/c1-8-26-62(27-9-1)72-52-83(66-34-16-5-17-35-66)95-87(56-72)89-58-74(64-30-12-3-13-31-64)54-85(97(89)100-95)70-46-50-77-78-51-47-71(86-55-75(65-32-14-4-15-33-65)59-90-88-57-73(63-28-10-2-11-29-63)53-84(96(88)101-98(86)90)67-36-18-6-19-37-67)61-92(78)99(91(77)60-70)76-48-44-69(45-49-76)94-81-42-24-22-40-79(81)93(68-38-20-7-21-39-68)80-41-23-25-43-82(80)94/h1-61H. The van der Waals surface area contributed by atoms with Crippen LogP contribution in [0.25, 0.3) is 201 Å². The Labute approximate surface area is 593 Å². The van der Waals surface area contributed by atoms with Crippen LogP contribution in [0.5, 0.6) is 0 Å². The average molecular weight is 1320 g/mol. The van der Waals surface area contributed by atoms with Crippen LogP contribution in [0.15, 0.2) is 370 Å². The van der Waals surface area contributed by atoms with Crippen molar-refractivity contribution in [2.75, 3.05) is 0 Å². The summed E-state index contributed by atoms with van der Waals surface area (Å²) in [5, 5.41) is 12.4. The van der Waals surface area contributed by atoms with Crippen LogP contribution in [0.2, 0.25) is 0 Å². The van der Waals surface area contributed by atoms with Crippen LogP contribution in [-0.4, -0.2) is 4.57 Å². The van der Waals surface area contributed by atoms with Gasteiger partial charge in [-0.25, -0.2) is 0 Å². The van der Waals surface area contributed by atoms with E-state index in [1.807, 2.05) is 22.7 Å². The van der Waals surface area contributed by atoms with Gasteiger partial charge < -0.3 is 4.57 Å². The maximum atomic E-state index is 2.56. The van der Waals surface area contributed by atoms with Gasteiger partial charge in [-0.15, -0.1) is 22.7 Å². The van der Waals surface area contributed by atoms with Crippen LogP contribution in [0.1, 0.15) is 0 Å². The van der Waals surface area contributed by atoms with Crippen molar-refractivity contribution in [3.8, 4) is 117 Å². The summed E-state index contributed by atoms with van der Waals surface area (Å²) in [7, 11) is 0. The van der Waals surface area contributed by atoms with Crippen molar-refractivity contribution in [3.63, 3.8) is 0 Å². The van der Waals surface area contributed by atoms with Crippen molar-refractivity contribution in [3.05, 3.63) is 370 Å². The summed E-state index contributed by atoms with van der Waals surface area (Å²) in [6, 6.07) is 138. The Kier molecular flexibility index (Phi) is 14.0. The second kappa shape index (κ2) is 24.2. The molecule has 0 N–H and O–H groups in total. The molecule has 0 aliphatic rings. The topological polar surface area (TPSA) is 4.93 Å². The highest BCUT2D eigenvalue weighted by atomic mass is 32.1. The lowest BCUT2D eigenvalue weighted by molar-refractivity contribution is 1.18. The monoisotopic (exact) mass is 1320 g/mol. The van der Waals surface area contributed by atoms with Gasteiger partial charge in [0.1, 0.15) is 0 Å². The van der Waals surface area contributed by atoms with Crippen LogP contribution in [-0.2, 0) is 0 Å². The van der Waals surface area contributed by atoms with Gasteiger partial charge in [0.2, 0.25) is 0 Å². The molecular formula is C98H61NS2. The number of hydrogen-bond acceptors (Lipinski definition) is 2. The van der Waals surface area contributed by atoms with E-state index in [0.29, 0.717) is 0 Å². The van der Waals surface area contributed by atoms with Crippen molar-refractivity contribution in [2.24, 2.45) is 0 Å². The number of rotatable bonds is 11. The van der Waals surface area contributed by atoms with Crippen molar-refractivity contribution in [2.45, 2.75) is 0 Å². The second-order valence-corrected chi connectivity index (χ2v) is 28.6. The van der Waals surface area contributed by atoms with E-state index >= 15 is 0 Å². The molecule has 0 amide bonds. The van der Waals surface area contributed by atoms with Crippen molar-refractivity contribution < 1.29 is 0 Å². The van der Waals surface area contributed by atoms with Crippen molar-refractivity contribution in [1.29, 1.82) is 0 Å². The maximum Gasteiger partial charge on any atom is 0.0547 e. The van der Waals surface area contributed by atoms with E-state index in [9.17, 15) is 0 Å². The summed E-state index contributed by atoms with van der Waals surface area (Å²) in [6.07, 6.45) is 0. The molecule has 0 spiro atoms. The number of thiophene rings is 2. The molecule has 20 aromatic rings. The van der Waals surface area contributed by atoms with E-state index in [1.165, 1.54) is 184 Å². The smallest absolute Gasteiger partial charge is 0.0547 e. The van der Waals surface area contributed by atoms with Gasteiger partial charge in [-0.05, 0) is 183 Å². The molecule has 0 bridgehead atoms. The molecular weight excluding hydrogens is 1260 g/mol. The summed E-state index contributed by atoms with van der Waals surface area (Å²) in [6.45, 7) is 0. The molecule has 0 fully saturated rings. The summed E-state index contributed by atoms with van der Waals surface area (Å²) >= 11 is 3.84. The molecule has 20 rings (SSSR count). The first-order valence-corrected chi connectivity index (χ1v) is 36.3. The summed E-state index contributed by atoms with van der Waals surface area (Å²) in [5.41, 5.74) is 27.5. The van der Waals surface area contributed by atoms with E-state index in [2.05, 4.69) is 375 Å². The first-order valence-electron chi connectivity index (χ1n) is 34.7. The normalized spacial score (nSPS) is 11.8. The van der Waals surface area contributed by atoms with E-state index < -0.39 is 0 Å². The Morgan fingerprint density at radius 2 is 0.406 bits per heavy atom. The molecule has 3 heterocycles. The van der Waals surface area contributed by atoms with E-state index in [1.54, 1.807) is 0 Å². The molecule has 0 radical (unpaired) electrons. The van der Waals surface area contributed by atoms with E-state index in [-0.39, 0.29) is 0 Å². The number of benzene rings is 17. The molecule has 0 saturated carbocycles. The Balaban J connectivity index is 0.846. The molecule has 3 aromatic heterocycles. The maximum absolute atomic E-state index is 2.56. The molecule has 470 valence electrons. The predicted octanol–water partition coefficient (Wildman–Crippen LogP) is 28.5. The zero-order valence-electron chi connectivity index (χ0n) is 55.0. The van der Waals surface area contributed by atoms with Crippen LogP contribution in [0, 0.1) is 0 Å². The molecule has 1 nitrogen and oxygen atoms in total. The minimum atomic E-state index is 1.09. The highest BCUT2D eigenvalue weighted by Gasteiger charge is 2.24. The Morgan fingerprint density at radius 1 is 0.158 bits per heavy atom. The fourth-order valence-electron chi connectivity index (χ4n) is 16.0. The van der Waals surface area contributed by atoms with E-state index in [4.69, 9.17) is 0 Å². The van der Waals surface area contributed by atoms with Gasteiger partial charge >= 0.3 is 0 Å². The molecule has 17 aromatic carbocycles. The zero-order chi connectivity index (χ0) is 66.5. The summed E-state index contributed by atoms with van der Waals surface area (Å²) < 4.78 is 7.66. The van der Waals surface area contributed by atoms with Gasteiger partial charge in [-0.2, -0.15) is 0 Å². The fourth-order valence-corrected chi connectivity index (χ4v) is 18.7. The Bertz CT molecular complexity index is 6250. The average Bonchev–Trinajstić information content (AvgIpc) is 1.60. The predicted molar refractivity (Wildman–Crippen MR) is 436 cm³/mol. The van der Waals surface area contributed by atoms with Crippen LogP contribution >= 0.6 is 22.7 Å². The lowest BCUT2D eigenvalue weighted by atomic mass is 9.86. The van der Waals surface area contributed by atoms with Gasteiger partial charge in [0.15, 0.2) is 0 Å². The minimum Gasteiger partial charge on any atom is -0.309 e. The third kappa shape index (κ3) is 9.95. The first-order chi connectivity index (χ1) is 50.1. The number of hydrogen-bond donors (Lipinski definition) is 0. The molecule has 3 heteroatoms. The third-order valence-corrected chi connectivity index (χ3v) is 23.3. The quantitative estimate of drug-likeness (QED) is 0.114. The van der Waals surface area contributed by atoms with Crippen LogP contribution in [0.4, 0.5) is 0 Å². The fraction of sp³-hybridized carbons (Fsp3) is 0. The van der Waals surface area contributed by atoms with Gasteiger partial charge in [-0.1, -0.05) is 297 Å². The van der Waals surface area contributed by atoms with Gasteiger partial charge in [-0.3, -0.25) is 0 Å². The lowest BCUT2D eigenvalue weighted by Crippen LogP contribution is -1.95. The van der Waals surface area contributed by atoms with E-state index in [0.717, 1.165) is 16.7 Å². The summed E-state index contributed by atoms with van der Waals surface area (Å²) in [5.74, 6) is 0. The first kappa shape index (κ1) is 58.6. The zero-order valence-corrected chi connectivity index (χ0v) is 56.6. The van der Waals surface area contributed by atoms with Crippen molar-refractivity contribution >= 4 is 106 Å². The molecule has 101 heavy (non-hydrogen) atoms. The SMILES string of the molecule is c1ccc(-c2cc(-c3ccccc3)c3sc4c(-c5ccc6c7ccc(-c8cc(-c9ccccc9)cc9c8sc8c(-c%10ccccc%10)cc(-c%10ccccc%10)cc89)cc7n(-c7ccc(-c8c9ccccc9c(-c9ccccc9)c9ccccc89)cc7)c6c5)cc(-c5ccccc5)cc4c3c2)cc1. The second-order valence-electron chi connectivity index (χ2n) is 26.6. The van der Waals surface area contributed by atoms with Gasteiger partial charge in [0.05, 0.1) is 11.0 Å². The number of nitrogens with zero attached hydrogens (tertiary/aromatic N) is 1. The molecule has 0 saturated heterocycles. The molecule has 0 aliphatic heterocycles. The van der Waals surface area contributed by atoms with Crippen LogP contribution in [0.3, 0.4) is 0 Å². The molecule has 0 aliphatic carbocycles. The van der Waals surface area contributed by atoms with Crippen LogP contribution < -0.4 is 0 Å². The highest BCUT2D eigenvalue weighted by molar-refractivity contribution is 7.27. The minimum absolute atomic E-state index is 1.09. The molecule has 0 unspecified atom stereocenters. The largest absolute Gasteiger partial charge is 0.309 e. The Morgan fingerprint density at radius 3 is 0.713 bits per heavy atom. The highest BCUT2D eigenvalue weighted by Crippen LogP contribution is 2.52. The van der Waals surface area contributed by atoms with Crippen molar-refractivity contribution in [1.82, 2.24) is 4.57 Å². The lowest BCUT2D eigenvalue weighted by Gasteiger charge is -2.18. The third-order valence-electron chi connectivity index (χ3n) is 20.7. The molecule has 0 atom stereocenters. The number of aromatic nitrogens is 1. The Hall–Kier alpha value is -12.5. The summed E-state index contributed by atoms with van der Waals surface area (Å²) in [4.78, 5) is 0. The van der Waals surface area contributed by atoms with Gasteiger partial charge in [0, 0.05) is 79.1 Å².